The third kappa shape index (κ3) is 5.37. The maximum absolute atomic E-state index is 5.75. The number of aryl methyl sites for hydroxylation is 1. The van der Waals surface area contributed by atoms with Crippen molar-refractivity contribution in [2.24, 2.45) is 5.92 Å². The predicted molar refractivity (Wildman–Crippen MR) is 77.0 cm³/mol. The van der Waals surface area contributed by atoms with Crippen molar-refractivity contribution < 1.29 is 9.15 Å². The first-order chi connectivity index (χ1) is 9.15. The fraction of sp³-hybridized carbons (Fsp3) is 0.750. The summed E-state index contributed by atoms with van der Waals surface area (Å²) in [5, 5.41) is 3.47. The Morgan fingerprint density at radius 1 is 1.42 bits per heavy atom. The minimum Gasteiger partial charge on any atom is -0.465 e. The Balaban J connectivity index is 1.67. The minimum absolute atomic E-state index is 0.677. The van der Waals surface area contributed by atoms with Crippen LogP contribution in [0, 0.1) is 12.8 Å². The Hall–Kier alpha value is -0.800. The summed E-state index contributed by atoms with van der Waals surface area (Å²) in [5.74, 6) is 2.79. The smallest absolute Gasteiger partial charge is 0.118 e. The molecule has 0 saturated heterocycles. The Bertz CT molecular complexity index is 380. The molecule has 0 aliphatic heterocycles. The maximum atomic E-state index is 5.75. The van der Waals surface area contributed by atoms with Crippen LogP contribution in [0.1, 0.15) is 56.6 Å². The fourth-order valence-electron chi connectivity index (χ4n) is 2.13. The van der Waals surface area contributed by atoms with Gasteiger partial charge in [0.25, 0.3) is 0 Å². The average molecular weight is 265 g/mol. The summed E-state index contributed by atoms with van der Waals surface area (Å²) >= 11 is 0. The van der Waals surface area contributed by atoms with Crippen LogP contribution in [-0.2, 0) is 17.9 Å². The van der Waals surface area contributed by atoms with Crippen LogP contribution in [0.25, 0.3) is 0 Å². The summed E-state index contributed by atoms with van der Waals surface area (Å²) in [6, 6.07) is 2.86. The molecule has 1 aromatic heterocycles. The van der Waals surface area contributed by atoms with E-state index < -0.39 is 0 Å². The number of rotatable bonds is 9. The van der Waals surface area contributed by atoms with Crippen molar-refractivity contribution in [3.63, 3.8) is 0 Å². The highest BCUT2D eigenvalue weighted by Crippen LogP contribution is 2.21. The topological polar surface area (TPSA) is 34.4 Å². The molecule has 19 heavy (non-hydrogen) atoms. The van der Waals surface area contributed by atoms with Gasteiger partial charge in [-0.15, -0.1) is 0 Å². The molecule has 1 aliphatic carbocycles. The molecule has 0 bridgehead atoms. The summed E-state index contributed by atoms with van der Waals surface area (Å²) in [4.78, 5) is 0. The maximum Gasteiger partial charge on any atom is 0.118 e. The first-order valence-electron chi connectivity index (χ1n) is 7.54. The minimum atomic E-state index is 0.677. The van der Waals surface area contributed by atoms with Crippen molar-refractivity contribution in [1.29, 1.82) is 0 Å². The molecule has 2 rings (SSSR count). The SMILES string of the molecule is Cc1oc(CNC2CC2)cc1COCCCC(C)C. The van der Waals surface area contributed by atoms with Gasteiger partial charge < -0.3 is 14.5 Å². The summed E-state index contributed by atoms with van der Waals surface area (Å²) < 4.78 is 11.5. The quantitative estimate of drug-likeness (QED) is 0.690. The van der Waals surface area contributed by atoms with E-state index in [9.17, 15) is 0 Å². The van der Waals surface area contributed by atoms with Crippen molar-refractivity contribution in [3.05, 3.63) is 23.2 Å². The van der Waals surface area contributed by atoms with Crippen molar-refractivity contribution in [1.82, 2.24) is 5.32 Å². The molecular weight excluding hydrogens is 238 g/mol. The molecule has 1 fully saturated rings. The van der Waals surface area contributed by atoms with E-state index in [1.165, 1.54) is 24.8 Å². The molecule has 3 nitrogen and oxygen atoms in total. The van der Waals surface area contributed by atoms with E-state index in [-0.39, 0.29) is 0 Å². The average Bonchev–Trinajstić information content (AvgIpc) is 3.11. The Labute approximate surface area is 116 Å². The standard InChI is InChI=1S/C16H27NO2/c1-12(2)5-4-8-18-11-14-9-16(19-13(14)3)10-17-15-6-7-15/h9,12,15,17H,4-8,10-11H2,1-3H3. The lowest BCUT2D eigenvalue weighted by Gasteiger charge is -2.05. The molecule has 0 aromatic carbocycles. The van der Waals surface area contributed by atoms with Crippen LogP contribution < -0.4 is 5.32 Å². The molecule has 1 heterocycles. The summed E-state index contributed by atoms with van der Waals surface area (Å²) in [6.07, 6.45) is 5.00. The van der Waals surface area contributed by atoms with Gasteiger partial charge in [0.15, 0.2) is 0 Å². The van der Waals surface area contributed by atoms with Crippen LogP contribution in [0.5, 0.6) is 0 Å². The van der Waals surface area contributed by atoms with Crippen LogP contribution in [0.15, 0.2) is 10.5 Å². The third-order valence-corrected chi connectivity index (χ3v) is 3.54. The lowest BCUT2D eigenvalue weighted by molar-refractivity contribution is 0.114. The number of hydrogen-bond donors (Lipinski definition) is 1. The number of hydrogen-bond acceptors (Lipinski definition) is 3. The highest BCUT2D eigenvalue weighted by Gasteiger charge is 2.20. The molecule has 0 unspecified atom stereocenters. The van der Waals surface area contributed by atoms with Gasteiger partial charge in [-0.2, -0.15) is 0 Å². The first kappa shape index (κ1) is 14.6. The largest absolute Gasteiger partial charge is 0.465 e. The van der Waals surface area contributed by atoms with Crippen molar-refractivity contribution in [2.75, 3.05) is 6.61 Å². The van der Waals surface area contributed by atoms with Crippen LogP contribution in [0.3, 0.4) is 0 Å². The highest BCUT2D eigenvalue weighted by atomic mass is 16.5. The Morgan fingerprint density at radius 2 is 2.21 bits per heavy atom. The number of ether oxygens (including phenoxy) is 1. The lowest BCUT2D eigenvalue weighted by atomic mass is 10.1. The van der Waals surface area contributed by atoms with Crippen LogP contribution in [-0.4, -0.2) is 12.6 Å². The van der Waals surface area contributed by atoms with Crippen molar-refractivity contribution in [3.8, 4) is 0 Å². The van der Waals surface area contributed by atoms with Crippen LogP contribution in [0.2, 0.25) is 0 Å². The third-order valence-electron chi connectivity index (χ3n) is 3.54. The normalized spacial score (nSPS) is 15.4. The van der Waals surface area contributed by atoms with Gasteiger partial charge in [-0.05, 0) is 44.6 Å². The fourth-order valence-corrected chi connectivity index (χ4v) is 2.13. The summed E-state index contributed by atoms with van der Waals surface area (Å²) in [7, 11) is 0. The van der Waals surface area contributed by atoms with Gasteiger partial charge in [0, 0.05) is 18.2 Å². The van der Waals surface area contributed by atoms with E-state index >= 15 is 0 Å². The van der Waals surface area contributed by atoms with Gasteiger partial charge in [-0.3, -0.25) is 0 Å². The molecule has 0 spiro atoms. The zero-order valence-electron chi connectivity index (χ0n) is 12.5. The van der Waals surface area contributed by atoms with Crippen molar-refractivity contribution >= 4 is 0 Å². The summed E-state index contributed by atoms with van der Waals surface area (Å²) in [6.45, 7) is 8.89. The second-order valence-electron chi connectivity index (χ2n) is 6.04. The summed E-state index contributed by atoms with van der Waals surface area (Å²) in [5.41, 5.74) is 1.19. The molecule has 1 saturated carbocycles. The van der Waals surface area contributed by atoms with Crippen molar-refractivity contribution in [2.45, 2.75) is 65.6 Å². The van der Waals surface area contributed by atoms with Gasteiger partial charge in [0.1, 0.15) is 11.5 Å². The molecule has 1 aromatic rings. The second-order valence-corrected chi connectivity index (χ2v) is 6.04. The van der Waals surface area contributed by atoms with Gasteiger partial charge in [-0.1, -0.05) is 13.8 Å². The lowest BCUT2D eigenvalue weighted by Crippen LogP contribution is -2.14. The van der Waals surface area contributed by atoms with E-state index in [1.807, 2.05) is 6.92 Å². The Morgan fingerprint density at radius 3 is 2.89 bits per heavy atom. The van der Waals surface area contributed by atoms with E-state index in [4.69, 9.17) is 9.15 Å². The number of nitrogens with one attached hydrogen (secondary N) is 1. The molecule has 3 heteroatoms. The molecule has 0 atom stereocenters. The Kier molecular flexibility index (Phi) is 5.46. The molecule has 108 valence electrons. The van der Waals surface area contributed by atoms with Crippen LogP contribution >= 0.6 is 0 Å². The molecule has 1 aliphatic rings. The predicted octanol–water partition coefficient (Wildman–Crippen LogP) is 3.79. The van der Waals surface area contributed by atoms with Gasteiger partial charge >= 0.3 is 0 Å². The van der Waals surface area contributed by atoms with Gasteiger partial charge in [0.2, 0.25) is 0 Å². The monoisotopic (exact) mass is 265 g/mol. The first-order valence-corrected chi connectivity index (χ1v) is 7.54. The van der Waals surface area contributed by atoms with Crippen LogP contribution in [0.4, 0.5) is 0 Å². The zero-order chi connectivity index (χ0) is 13.7. The molecule has 1 N–H and O–H groups in total. The molecular formula is C16H27NO2. The van der Waals surface area contributed by atoms with E-state index in [0.717, 1.165) is 43.1 Å². The van der Waals surface area contributed by atoms with E-state index in [2.05, 4.69) is 25.2 Å². The van der Waals surface area contributed by atoms with E-state index in [1.54, 1.807) is 0 Å². The zero-order valence-corrected chi connectivity index (χ0v) is 12.5. The highest BCUT2D eigenvalue weighted by molar-refractivity contribution is 5.20. The van der Waals surface area contributed by atoms with Gasteiger partial charge in [-0.25, -0.2) is 0 Å². The number of furan rings is 1. The van der Waals surface area contributed by atoms with E-state index in [0.29, 0.717) is 6.61 Å². The van der Waals surface area contributed by atoms with Gasteiger partial charge in [0.05, 0.1) is 13.2 Å². The molecule has 0 radical (unpaired) electrons. The second kappa shape index (κ2) is 7.11. The molecule has 0 amide bonds.